The van der Waals surface area contributed by atoms with Gasteiger partial charge in [0.2, 0.25) is 5.82 Å². The van der Waals surface area contributed by atoms with E-state index in [0.29, 0.717) is 19.5 Å². The van der Waals surface area contributed by atoms with Crippen LogP contribution in [0.1, 0.15) is 53.3 Å². The van der Waals surface area contributed by atoms with Crippen LogP contribution in [0.5, 0.6) is 0 Å². The van der Waals surface area contributed by atoms with Crippen molar-refractivity contribution in [3.8, 4) is 0 Å². The lowest BCUT2D eigenvalue weighted by molar-refractivity contribution is 0.0718. The van der Waals surface area contributed by atoms with E-state index in [0.717, 1.165) is 12.1 Å². The van der Waals surface area contributed by atoms with Crippen molar-refractivity contribution in [2.45, 2.75) is 38.5 Å². The number of halogens is 1. The number of hydrogen-bond donors (Lipinski definition) is 0. The summed E-state index contributed by atoms with van der Waals surface area (Å²) < 4.78 is 15.4. The van der Waals surface area contributed by atoms with Crippen LogP contribution in [0.2, 0.25) is 0 Å². The number of hydrogen-bond acceptors (Lipinski definition) is 4. The number of alkyl halides is 1. The Hall–Kier alpha value is -2.31. The second-order valence-corrected chi connectivity index (χ2v) is 5.88. The van der Waals surface area contributed by atoms with E-state index in [1.165, 1.54) is 10.2 Å². The first-order chi connectivity index (χ1) is 10.6. The molecule has 114 valence electrons. The summed E-state index contributed by atoms with van der Waals surface area (Å²) in [4.78, 5) is 22.7. The molecule has 0 unspecified atom stereocenters. The second kappa shape index (κ2) is 4.86. The van der Waals surface area contributed by atoms with Crippen molar-refractivity contribution in [2.75, 3.05) is 6.54 Å². The first-order valence-electron chi connectivity index (χ1n) is 7.46. The summed E-state index contributed by atoms with van der Waals surface area (Å²) in [5.74, 6) is 0.104. The number of carbonyl (C=O) groups is 1. The highest BCUT2D eigenvalue weighted by Gasteiger charge is 2.34. The van der Waals surface area contributed by atoms with E-state index in [-0.39, 0.29) is 23.6 Å². The van der Waals surface area contributed by atoms with Crippen LogP contribution in [-0.2, 0) is 13.0 Å². The molecule has 0 N–H and O–H groups in total. The van der Waals surface area contributed by atoms with Crippen LogP contribution in [0.25, 0.3) is 0 Å². The molecular weight excluding hydrogens is 285 g/mol. The van der Waals surface area contributed by atoms with Crippen molar-refractivity contribution in [3.63, 3.8) is 0 Å². The van der Waals surface area contributed by atoms with Gasteiger partial charge in [-0.2, -0.15) is 0 Å². The third-order valence-corrected chi connectivity index (χ3v) is 4.36. The number of pyridine rings is 1. The first-order valence-corrected chi connectivity index (χ1v) is 7.46. The Morgan fingerprint density at radius 1 is 1.45 bits per heavy atom. The Kier molecular flexibility index (Phi) is 2.95. The molecule has 0 bridgehead atoms. The molecule has 2 aromatic rings. The molecule has 0 radical (unpaired) electrons. The minimum atomic E-state index is -1.13. The van der Waals surface area contributed by atoms with Crippen LogP contribution in [-0.4, -0.2) is 37.1 Å². The fourth-order valence-corrected chi connectivity index (χ4v) is 3.14. The molecule has 2 aromatic heterocycles. The van der Waals surface area contributed by atoms with Crippen molar-refractivity contribution in [2.24, 2.45) is 0 Å². The number of aromatic nitrogens is 4. The largest absolute Gasteiger partial charge is 0.330 e. The molecule has 1 amide bonds. The Labute approximate surface area is 127 Å². The van der Waals surface area contributed by atoms with Gasteiger partial charge in [0, 0.05) is 19.2 Å². The van der Waals surface area contributed by atoms with Gasteiger partial charge >= 0.3 is 0 Å². The normalized spacial score (nSPS) is 23.3. The summed E-state index contributed by atoms with van der Waals surface area (Å²) in [7, 11) is 0. The van der Waals surface area contributed by atoms with Crippen molar-refractivity contribution in [3.05, 3.63) is 41.2 Å². The van der Waals surface area contributed by atoms with E-state index in [2.05, 4.69) is 15.1 Å². The predicted molar refractivity (Wildman–Crippen MR) is 75.9 cm³/mol. The highest BCUT2D eigenvalue weighted by molar-refractivity contribution is 5.90. The number of rotatable bonds is 1. The molecule has 0 aliphatic carbocycles. The third kappa shape index (κ3) is 2.00. The zero-order chi connectivity index (χ0) is 15.3. The Balaban J connectivity index is 1.59. The van der Waals surface area contributed by atoms with Crippen molar-refractivity contribution >= 4 is 5.91 Å². The Morgan fingerprint density at radius 2 is 2.32 bits per heavy atom. The topological polar surface area (TPSA) is 63.9 Å². The minimum Gasteiger partial charge on any atom is -0.330 e. The fraction of sp³-hybridized carbons (Fsp3) is 0.467. The molecule has 4 heterocycles. The van der Waals surface area contributed by atoms with Crippen LogP contribution in [0.4, 0.5) is 4.39 Å². The summed E-state index contributed by atoms with van der Waals surface area (Å²) in [6.07, 6.45) is 1.74. The molecule has 6 nitrogen and oxygen atoms in total. The van der Waals surface area contributed by atoms with Gasteiger partial charge in [0.25, 0.3) is 5.91 Å². The van der Waals surface area contributed by atoms with Crippen LogP contribution < -0.4 is 0 Å². The lowest BCUT2D eigenvalue weighted by Gasteiger charge is -2.26. The van der Waals surface area contributed by atoms with Crippen LogP contribution in [0, 0.1) is 0 Å². The van der Waals surface area contributed by atoms with Gasteiger partial charge in [-0.15, -0.1) is 5.10 Å². The lowest BCUT2D eigenvalue weighted by Crippen LogP contribution is -2.37. The number of amides is 1. The molecule has 7 heteroatoms. The number of carbonyl (C=O) groups excluding carboxylic acids is 1. The van der Waals surface area contributed by atoms with Crippen molar-refractivity contribution < 1.29 is 9.18 Å². The van der Waals surface area contributed by atoms with Gasteiger partial charge in [0.15, 0.2) is 12.0 Å². The van der Waals surface area contributed by atoms with E-state index in [9.17, 15) is 9.18 Å². The van der Waals surface area contributed by atoms with Gasteiger partial charge in [-0.1, -0.05) is 6.07 Å². The van der Waals surface area contributed by atoms with E-state index >= 15 is 0 Å². The Bertz CT molecular complexity index is 718. The summed E-state index contributed by atoms with van der Waals surface area (Å²) in [5, 5.41) is 4.21. The number of fused-ring (bicyclic) bond motifs is 2. The van der Waals surface area contributed by atoms with Gasteiger partial charge in [0.1, 0.15) is 0 Å². The van der Waals surface area contributed by atoms with Gasteiger partial charge in [0.05, 0.1) is 18.3 Å². The Morgan fingerprint density at radius 3 is 3.14 bits per heavy atom. The van der Waals surface area contributed by atoms with Gasteiger partial charge < -0.3 is 4.90 Å². The minimum absolute atomic E-state index is 0.0530. The molecule has 2 aliphatic heterocycles. The zero-order valence-corrected chi connectivity index (χ0v) is 12.2. The highest BCUT2D eigenvalue weighted by Crippen LogP contribution is 2.35. The molecule has 4 rings (SSSR count). The maximum atomic E-state index is 13.8. The van der Waals surface area contributed by atoms with Crippen molar-refractivity contribution in [1.82, 2.24) is 24.6 Å². The summed E-state index contributed by atoms with van der Waals surface area (Å²) in [5.41, 5.74) is 2.08. The summed E-state index contributed by atoms with van der Waals surface area (Å²) in [6.45, 7) is 2.94. The molecule has 0 fully saturated rings. The molecule has 2 aliphatic rings. The lowest BCUT2D eigenvalue weighted by atomic mass is 10.1. The van der Waals surface area contributed by atoms with Crippen LogP contribution in [0.3, 0.4) is 0 Å². The maximum absolute atomic E-state index is 13.8. The van der Waals surface area contributed by atoms with Gasteiger partial charge in [-0.3, -0.25) is 9.78 Å². The SMILES string of the molecule is C[C@H]1C[C@@H](F)c2nc(C(=O)N3CCc4cccnc4C3)nn21. The molecule has 0 spiro atoms. The molecule has 0 saturated heterocycles. The van der Waals surface area contributed by atoms with E-state index in [1.54, 1.807) is 11.1 Å². The zero-order valence-electron chi connectivity index (χ0n) is 12.2. The monoisotopic (exact) mass is 301 g/mol. The highest BCUT2D eigenvalue weighted by atomic mass is 19.1. The average Bonchev–Trinajstić information content (AvgIpc) is 3.08. The van der Waals surface area contributed by atoms with E-state index < -0.39 is 6.17 Å². The molecular formula is C15H16FN5O. The quantitative estimate of drug-likeness (QED) is 0.806. The molecule has 0 aromatic carbocycles. The number of nitrogens with zero attached hydrogens (tertiary/aromatic N) is 5. The van der Waals surface area contributed by atoms with E-state index in [4.69, 9.17) is 0 Å². The fourth-order valence-electron chi connectivity index (χ4n) is 3.14. The summed E-state index contributed by atoms with van der Waals surface area (Å²) >= 11 is 0. The first kappa shape index (κ1) is 13.4. The smallest absolute Gasteiger partial charge is 0.293 e. The second-order valence-electron chi connectivity index (χ2n) is 5.88. The predicted octanol–water partition coefficient (Wildman–Crippen LogP) is 1.85. The standard InChI is InChI=1S/C15H16FN5O/c1-9-7-11(16)14-18-13(19-21(9)14)15(22)20-6-4-10-3-2-5-17-12(10)8-20/h2-3,5,9,11H,4,6-8H2,1H3/t9-,11+/m0/s1. The third-order valence-electron chi connectivity index (χ3n) is 4.36. The summed E-state index contributed by atoms with van der Waals surface area (Å²) in [6, 6.07) is 3.88. The van der Waals surface area contributed by atoms with Gasteiger partial charge in [-0.25, -0.2) is 14.1 Å². The maximum Gasteiger partial charge on any atom is 0.293 e. The molecule has 0 saturated carbocycles. The van der Waals surface area contributed by atoms with Crippen molar-refractivity contribution in [1.29, 1.82) is 0 Å². The van der Waals surface area contributed by atoms with Crippen LogP contribution >= 0.6 is 0 Å². The van der Waals surface area contributed by atoms with Gasteiger partial charge in [-0.05, 0) is 25.0 Å². The molecule has 2 atom stereocenters. The van der Waals surface area contributed by atoms with Crippen LogP contribution in [0.15, 0.2) is 18.3 Å². The average molecular weight is 301 g/mol. The molecule has 22 heavy (non-hydrogen) atoms. The van der Waals surface area contributed by atoms with E-state index in [1.807, 2.05) is 19.1 Å².